The van der Waals surface area contributed by atoms with Crippen LogP contribution in [0.4, 0.5) is 0 Å². The van der Waals surface area contributed by atoms with E-state index >= 15 is 0 Å². The van der Waals surface area contributed by atoms with E-state index in [4.69, 9.17) is 16.3 Å². The van der Waals surface area contributed by atoms with Crippen LogP contribution in [0.2, 0.25) is 5.15 Å². The van der Waals surface area contributed by atoms with Gasteiger partial charge in [0.2, 0.25) is 0 Å². The van der Waals surface area contributed by atoms with Gasteiger partial charge in [-0.1, -0.05) is 49.7 Å². The fourth-order valence-corrected chi connectivity index (χ4v) is 2.25. The SMILES string of the molecule is CC(C)CCCOC(=O)c1cc2ccccc2c(Cl)n1. The van der Waals surface area contributed by atoms with Gasteiger partial charge in [0.1, 0.15) is 5.15 Å². The van der Waals surface area contributed by atoms with Crippen molar-refractivity contribution in [3.63, 3.8) is 0 Å². The molecule has 0 spiro atoms. The van der Waals surface area contributed by atoms with E-state index in [9.17, 15) is 4.79 Å². The molecule has 0 unspecified atom stereocenters. The molecule has 0 amide bonds. The minimum atomic E-state index is -0.415. The van der Waals surface area contributed by atoms with Crippen molar-refractivity contribution in [2.45, 2.75) is 26.7 Å². The quantitative estimate of drug-likeness (QED) is 0.463. The molecule has 0 atom stereocenters. The zero-order chi connectivity index (χ0) is 14.5. The second-order valence-corrected chi connectivity index (χ2v) is 5.55. The number of fused-ring (bicyclic) bond motifs is 1. The standard InChI is InChI=1S/C16H18ClNO2/c1-11(2)6-5-9-20-16(19)14-10-12-7-3-4-8-13(12)15(17)18-14/h3-4,7-8,10-11H,5-6,9H2,1-2H3. The van der Waals surface area contributed by atoms with E-state index < -0.39 is 5.97 Å². The van der Waals surface area contributed by atoms with Crippen molar-refractivity contribution in [2.24, 2.45) is 5.92 Å². The lowest BCUT2D eigenvalue weighted by Crippen LogP contribution is -2.09. The fraction of sp³-hybridized carbons (Fsp3) is 0.375. The molecule has 0 saturated carbocycles. The van der Waals surface area contributed by atoms with E-state index in [0.29, 0.717) is 17.7 Å². The number of halogens is 1. The van der Waals surface area contributed by atoms with Crippen LogP contribution < -0.4 is 0 Å². The first-order valence-electron chi connectivity index (χ1n) is 6.80. The third-order valence-corrected chi connectivity index (χ3v) is 3.35. The molecule has 4 heteroatoms. The van der Waals surface area contributed by atoms with Crippen molar-refractivity contribution in [3.05, 3.63) is 41.2 Å². The smallest absolute Gasteiger partial charge is 0.357 e. The third-order valence-electron chi connectivity index (χ3n) is 3.06. The first-order chi connectivity index (χ1) is 9.58. The summed E-state index contributed by atoms with van der Waals surface area (Å²) < 4.78 is 5.22. The molecule has 106 valence electrons. The Bertz CT molecular complexity index is 610. The van der Waals surface area contributed by atoms with Gasteiger partial charge in [0.25, 0.3) is 0 Å². The maximum atomic E-state index is 11.9. The highest BCUT2D eigenvalue weighted by molar-refractivity contribution is 6.34. The van der Waals surface area contributed by atoms with Crippen molar-refractivity contribution in [1.82, 2.24) is 4.98 Å². The molecule has 2 rings (SSSR count). The Labute approximate surface area is 123 Å². The molecule has 0 bridgehead atoms. The molecule has 0 fully saturated rings. The van der Waals surface area contributed by atoms with Gasteiger partial charge in [-0.15, -0.1) is 0 Å². The van der Waals surface area contributed by atoms with Gasteiger partial charge in [-0.25, -0.2) is 9.78 Å². The Morgan fingerprint density at radius 3 is 2.85 bits per heavy atom. The number of ether oxygens (including phenoxy) is 1. The molecule has 20 heavy (non-hydrogen) atoms. The first-order valence-corrected chi connectivity index (χ1v) is 7.18. The number of hydrogen-bond donors (Lipinski definition) is 0. The minimum absolute atomic E-state index is 0.262. The van der Waals surface area contributed by atoms with Crippen LogP contribution in [0.25, 0.3) is 10.8 Å². The van der Waals surface area contributed by atoms with Crippen LogP contribution in [0.15, 0.2) is 30.3 Å². The topological polar surface area (TPSA) is 39.2 Å². The van der Waals surface area contributed by atoms with Gasteiger partial charge < -0.3 is 4.74 Å². The van der Waals surface area contributed by atoms with Crippen LogP contribution in [0, 0.1) is 5.92 Å². The van der Waals surface area contributed by atoms with Crippen molar-refractivity contribution in [3.8, 4) is 0 Å². The number of rotatable bonds is 5. The van der Waals surface area contributed by atoms with E-state index in [1.165, 1.54) is 0 Å². The molecule has 3 nitrogen and oxygen atoms in total. The zero-order valence-electron chi connectivity index (χ0n) is 11.7. The average molecular weight is 292 g/mol. The molecular formula is C16H18ClNO2. The Kier molecular flexibility index (Phi) is 4.96. The largest absolute Gasteiger partial charge is 0.461 e. The molecule has 1 heterocycles. The summed E-state index contributed by atoms with van der Waals surface area (Å²) >= 11 is 6.09. The van der Waals surface area contributed by atoms with Crippen molar-refractivity contribution in [1.29, 1.82) is 0 Å². The third kappa shape index (κ3) is 3.70. The van der Waals surface area contributed by atoms with Crippen LogP contribution in [0.1, 0.15) is 37.2 Å². The van der Waals surface area contributed by atoms with Crippen molar-refractivity contribution in [2.75, 3.05) is 6.61 Å². The molecule has 0 saturated heterocycles. The van der Waals surface area contributed by atoms with Gasteiger partial charge in [0, 0.05) is 5.39 Å². The molecule has 0 radical (unpaired) electrons. The Morgan fingerprint density at radius 2 is 2.10 bits per heavy atom. The van der Waals surface area contributed by atoms with Gasteiger partial charge >= 0.3 is 5.97 Å². The Morgan fingerprint density at radius 1 is 1.35 bits per heavy atom. The number of pyridine rings is 1. The molecule has 0 aliphatic rings. The van der Waals surface area contributed by atoms with Gasteiger partial charge in [0.15, 0.2) is 5.69 Å². The summed E-state index contributed by atoms with van der Waals surface area (Å²) in [5, 5.41) is 2.06. The van der Waals surface area contributed by atoms with Gasteiger partial charge in [-0.3, -0.25) is 0 Å². The molecule has 0 N–H and O–H groups in total. The maximum absolute atomic E-state index is 11.9. The summed E-state index contributed by atoms with van der Waals surface area (Å²) in [7, 11) is 0. The highest BCUT2D eigenvalue weighted by Crippen LogP contribution is 2.22. The Hall–Kier alpha value is -1.61. The summed E-state index contributed by atoms with van der Waals surface area (Å²) in [6.45, 7) is 4.71. The molecule has 1 aromatic heterocycles. The zero-order valence-corrected chi connectivity index (χ0v) is 12.5. The first kappa shape index (κ1) is 14.8. The van der Waals surface area contributed by atoms with Gasteiger partial charge in [-0.2, -0.15) is 0 Å². The van der Waals surface area contributed by atoms with E-state index in [0.717, 1.165) is 23.6 Å². The summed E-state index contributed by atoms with van der Waals surface area (Å²) in [6.07, 6.45) is 1.91. The summed E-state index contributed by atoms with van der Waals surface area (Å²) in [5.41, 5.74) is 0.262. The normalized spacial score (nSPS) is 11.0. The van der Waals surface area contributed by atoms with E-state index in [-0.39, 0.29) is 5.69 Å². The Balaban J connectivity index is 2.07. The monoisotopic (exact) mass is 291 g/mol. The molecule has 0 aliphatic carbocycles. The summed E-state index contributed by atoms with van der Waals surface area (Å²) in [6, 6.07) is 9.28. The molecular weight excluding hydrogens is 274 g/mol. The fourth-order valence-electron chi connectivity index (χ4n) is 1.99. The van der Waals surface area contributed by atoms with Crippen LogP contribution in [0.5, 0.6) is 0 Å². The summed E-state index contributed by atoms with van der Waals surface area (Å²) in [5.74, 6) is 0.198. The van der Waals surface area contributed by atoms with Gasteiger partial charge in [-0.05, 0) is 30.2 Å². The van der Waals surface area contributed by atoms with Crippen LogP contribution >= 0.6 is 11.6 Å². The molecule has 0 aliphatic heterocycles. The lowest BCUT2D eigenvalue weighted by Gasteiger charge is -2.07. The predicted molar refractivity (Wildman–Crippen MR) is 81.1 cm³/mol. The minimum Gasteiger partial charge on any atom is -0.461 e. The highest BCUT2D eigenvalue weighted by atomic mass is 35.5. The van der Waals surface area contributed by atoms with Crippen molar-refractivity contribution < 1.29 is 9.53 Å². The van der Waals surface area contributed by atoms with Gasteiger partial charge in [0.05, 0.1) is 6.61 Å². The number of nitrogens with zero attached hydrogens (tertiary/aromatic N) is 1. The van der Waals surface area contributed by atoms with Crippen LogP contribution in [0.3, 0.4) is 0 Å². The number of benzene rings is 1. The lowest BCUT2D eigenvalue weighted by molar-refractivity contribution is 0.0488. The lowest BCUT2D eigenvalue weighted by atomic mass is 10.1. The van der Waals surface area contributed by atoms with E-state index in [2.05, 4.69) is 18.8 Å². The van der Waals surface area contributed by atoms with Crippen LogP contribution in [-0.4, -0.2) is 17.6 Å². The number of aromatic nitrogens is 1. The molecule has 1 aromatic carbocycles. The van der Waals surface area contributed by atoms with E-state index in [1.807, 2.05) is 24.3 Å². The van der Waals surface area contributed by atoms with Crippen molar-refractivity contribution >= 4 is 28.3 Å². The molecule has 2 aromatic rings. The maximum Gasteiger partial charge on any atom is 0.357 e. The summed E-state index contributed by atoms with van der Waals surface area (Å²) in [4.78, 5) is 16.0. The van der Waals surface area contributed by atoms with Crippen LogP contribution in [-0.2, 0) is 4.74 Å². The number of carbonyl (C=O) groups is 1. The number of hydrogen-bond acceptors (Lipinski definition) is 3. The van der Waals surface area contributed by atoms with E-state index in [1.54, 1.807) is 6.07 Å². The predicted octanol–water partition coefficient (Wildman–Crippen LogP) is 4.48. The number of esters is 1. The average Bonchev–Trinajstić information content (AvgIpc) is 2.43. The highest BCUT2D eigenvalue weighted by Gasteiger charge is 2.12. The number of carbonyl (C=O) groups excluding carboxylic acids is 1. The second kappa shape index (κ2) is 6.71. The second-order valence-electron chi connectivity index (χ2n) is 5.19.